The number of hydrogen-bond donors (Lipinski definition) is 0. The molecule has 0 radical (unpaired) electrons. The van der Waals surface area contributed by atoms with Crippen LogP contribution in [0.2, 0.25) is 0 Å². The van der Waals surface area contributed by atoms with Crippen LogP contribution in [0.5, 0.6) is 0 Å². The van der Waals surface area contributed by atoms with Crippen LogP contribution in [0.15, 0.2) is 26.1 Å². The van der Waals surface area contributed by atoms with Gasteiger partial charge in [-0.25, -0.2) is 0 Å². The molecule has 0 spiro atoms. The third-order valence-electron chi connectivity index (χ3n) is 2.12. The van der Waals surface area contributed by atoms with Crippen LogP contribution in [0.3, 0.4) is 0 Å². The Morgan fingerprint density at radius 1 is 1.53 bits per heavy atom. The van der Waals surface area contributed by atoms with Gasteiger partial charge in [-0.15, -0.1) is 15.7 Å². The summed E-state index contributed by atoms with van der Waals surface area (Å²) in [4.78, 5) is 12.8. The summed E-state index contributed by atoms with van der Waals surface area (Å²) in [7, 11) is -3.68. The van der Waals surface area contributed by atoms with Crippen molar-refractivity contribution in [1.82, 2.24) is 4.90 Å². The molecular formula is C9H10N2O3S3. The second-order valence-corrected chi connectivity index (χ2v) is 6.93. The number of carbonyl (C=O) groups is 1. The summed E-state index contributed by atoms with van der Waals surface area (Å²) >= 11 is 2.27. The van der Waals surface area contributed by atoms with Crippen molar-refractivity contribution in [2.24, 2.45) is 4.40 Å². The van der Waals surface area contributed by atoms with E-state index in [4.69, 9.17) is 0 Å². The SMILES string of the molecule is CCN1C(=O)CS/C1=N/S(=O)(=O)c1cccs1. The lowest BCUT2D eigenvalue weighted by Crippen LogP contribution is -2.29. The average molecular weight is 290 g/mol. The summed E-state index contributed by atoms with van der Waals surface area (Å²) in [6, 6.07) is 3.16. The Labute approximate surface area is 108 Å². The lowest BCUT2D eigenvalue weighted by Gasteiger charge is -2.11. The summed E-state index contributed by atoms with van der Waals surface area (Å²) in [5, 5.41) is 1.95. The second kappa shape index (κ2) is 4.79. The zero-order valence-electron chi connectivity index (χ0n) is 8.99. The third-order valence-corrected chi connectivity index (χ3v) is 5.84. The molecule has 1 aromatic heterocycles. The van der Waals surface area contributed by atoms with Gasteiger partial charge in [0.05, 0.1) is 5.75 Å². The van der Waals surface area contributed by atoms with Crippen molar-refractivity contribution in [2.75, 3.05) is 12.3 Å². The monoisotopic (exact) mass is 290 g/mol. The predicted octanol–water partition coefficient (Wildman–Crippen LogP) is 1.39. The summed E-state index contributed by atoms with van der Waals surface area (Å²) < 4.78 is 27.7. The van der Waals surface area contributed by atoms with Crippen LogP contribution >= 0.6 is 23.1 Å². The number of nitrogens with zero attached hydrogens (tertiary/aromatic N) is 2. The molecule has 0 bridgehead atoms. The van der Waals surface area contributed by atoms with E-state index in [9.17, 15) is 13.2 Å². The minimum absolute atomic E-state index is 0.0994. The lowest BCUT2D eigenvalue weighted by atomic mass is 10.5. The van der Waals surface area contributed by atoms with E-state index in [1.54, 1.807) is 18.4 Å². The van der Waals surface area contributed by atoms with Crippen molar-refractivity contribution in [3.63, 3.8) is 0 Å². The number of amidine groups is 1. The fraction of sp³-hybridized carbons (Fsp3) is 0.333. The van der Waals surface area contributed by atoms with E-state index in [1.807, 2.05) is 0 Å². The third kappa shape index (κ3) is 2.53. The Bertz CT molecular complexity index is 548. The number of rotatable bonds is 3. The Hall–Kier alpha value is -0.860. The van der Waals surface area contributed by atoms with Gasteiger partial charge in [-0.05, 0) is 18.4 Å². The number of hydrogen-bond acceptors (Lipinski definition) is 5. The fourth-order valence-corrected chi connectivity index (χ4v) is 4.49. The Morgan fingerprint density at radius 2 is 2.29 bits per heavy atom. The van der Waals surface area contributed by atoms with E-state index < -0.39 is 10.0 Å². The average Bonchev–Trinajstić information content (AvgIpc) is 2.88. The summed E-state index contributed by atoms with van der Waals surface area (Å²) in [5.41, 5.74) is 0. The van der Waals surface area contributed by atoms with E-state index in [0.717, 1.165) is 23.1 Å². The highest BCUT2D eigenvalue weighted by molar-refractivity contribution is 8.15. The van der Waals surface area contributed by atoms with E-state index in [0.29, 0.717) is 6.54 Å². The molecule has 1 fully saturated rings. The first-order valence-corrected chi connectivity index (χ1v) is 8.17. The number of amides is 1. The maximum absolute atomic E-state index is 11.9. The van der Waals surface area contributed by atoms with Crippen LogP contribution in [0.25, 0.3) is 0 Å². The molecule has 0 aliphatic carbocycles. The van der Waals surface area contributed by atoms with Gasteiger partial charge >= 0.3 is 0 Å². The van der Waals surface area contributed by atoms with Crippen molar-refractivity contribution in [3.8, 4) is 0 Å². The molecule has 0 unspecified atom stereocenters. The van der Waals surface area contributed by atoms with Crippen molar-refractivity contribution in [3.05, 3.63) is 17.5 Å². The van der Waals surface area contributed by atoms with Crippen molar-refractivity contribution in [2.45, 2.75) is 11.1 Å². The zero-order chi connectivity index (χ0) is 12.5. The van der Waals surface area contributed by atoms with Gasteiger partial charge in [0.25, 0.3) is 10.0 Å². The van der Waals surface area contributed by atoms with Gasteiger partial charge in [-0.1, -0.05) is 17.8 Å². The number of thiophene rings is 1. The molecule has 0 atom stereocenters. The molecule has 1 amide bonds. The molecule has 92 valence electrons. The van der Waals surface area contributed by atoms with Crippen molar-refractivity contribution >= 4 is 44.2 Å². The first-order chi connectivity index (χ1) is 8.04. The normalized spacial score (nSPS) is 19.2. The molecule has 2 rings (SSSR count). The van der Waals surface area contributed by atoms with Crippen molar-refractivity contribution in [1.29, 1.82) is 0 Å². The van der Waals surface area contributed by atoms with E-state index >= 15 is 0 Å². The topological polar surface area (TPSA) is 66.8 Å². The van der Waals surface area contributed by atoms with Crippen LogP contribution in [0.1, 0.15) is 6.92 Å². The minimum Gasteiger partial charge on any atom is -0.290 e. The van der Waals surface area contributed by atoms with Gasteiger partial charge in [0.15, 0.2) is 5.17 Å². The highest BCUT2D eigenvalue weighted by Gasteiger charge is 2.29. The maximum atomic E-state index is 11.9. The standard InChI is InChI=1S/C9H10N2O3S3/c1-2-11-7(12)6-16-9(11)10-17(13,14)8-4-3-5-15-8/h3-5H,2,6H2,1H3/b10-9+. The van der Waals surface area contributed by atoms with Gasteiger partial charge < -0.3 is 0 Å². The van der Waals surface area contributed by atoms with Gasteiger partial charge in [0.2, 0.25) is 5.91 Å². The van der Waals surface area contributed by atoms with Gasteiger partial charge in [-0.2, -0.15) is 8.42 Å². The molecular weight excluding hydrogens is 280 g/mol. The molecule has 1 aliphatic heterocycles. The first kappa shape index (κ1) is 12.6. The molecule has 17 heavy (non-hydrogen) atoms. The largest absolute Gasteiger partial charge is 0.294 e. The molecule has 2 heterocycles. The highest BCUT2D eigenvalue weighted by atomic mass is 32.2. The van der Waals surface area contributed by atoms with Crippen LogP contribution in [-0.2, 0) is 14.8 Å². The van der Waals surface area contributed by atoms with Crippen molar-refractivity contribution < 1.29 is 13.2 Å². The van der Waals surface area contributed by atoms with Crippen LogP contribution in [-0.4, -0.2) is 36.7 Å². The summed E-state index contributed by atoms with van der Waals surface area (Å²) in [5.74, 6) is 0.157. The fourth-order valence-electron chi connectivity index (χ4n) is 1.33. The summed E-state index contributed by atoms with van der Waals surface area (Å²) in [6.07, 6.45) is 0. The molecule has 5 nitrogen and oxygen atoms in total. The molecule has 1 aromatic rings. The zero-order valence-corrected chi connectivity index (χ0v) is 11.4. The van der Waals surface area contributed by atoms with E-state index in [1.165, 1.54) is 11.0 Å². The Balaban J connectivity index is 2.34. The van der Waals surface area contributed by atoms with Gasteiger partial charge in [0, 0.05) is 6.54 Å². The Morgan fingerprint density at radius 3 is 2.88 bits per heavy atom. The van der Waals surface area contributed by atoms with E-state index in [2.05, 4.69) is 4.40 Å². The summed E-state index contributed by atoms with van der Waals surface area (Å²) in [6.45, 7) is 2.22. The van der Waals surface area contributed by atoms with Gasteiger partial charge in [0.1, 0.15) is 4.21 Å². The quantitative estimate of drug-likeness (QED) is 0.843. The minimum atomic E-state index is -3.68. The molecule has 0 aromatic carbocycles. The molecule has 1 aliphatic rings. The Kier molecular flexibility index (Phi) is 3.55. The molecule has 8 heteroatoms. The predicted molar refractivity (Wildman–Crippen MR) is 68.8 cm³/mol. The molecule has 0 saturated carbocycles. The number of carbonyl (C=O) groups excluding carboxylic acids is 1. The molecule has 1 saturated heterocycles. The first-order valence-electron chi connectivity index (χ1n) is 4.86. The van der Waals surface area contributed by atoms with Crippen LogP contribution in [0.4, 0.5) is 0 Å². The number of sulfonamides is 1. The maximum Gasteiger partial charge on any atom is 0.294 e. The van der Waals surface area contributed by atoms with Crippen LogP contribution < -0.4 is 0 Å². The van der Waals surface area contributed by atoms with E-state index in [-0.39, 0.29) is 21.0 Å². The smallest absolute Gasteiger partial charge is 0.290 e. The molecule has 0 N–H and O–H groups in total. The highest BCUT2D eigenvalue weighted by Crippen LogP contribution is 2.24. The number of thioether (sulfide) groups is 1. The second-order valence-electron chi connectivity index (χ2n) is 3.21. The van der Waals surface area contributed by atoms with Gasteiger partial charge in [-0.3, -0.25) is 9.69 Å². The lowest BCUT2D eigenvalue weighted by molar-refractivity contribution is -0.123. The van der Waals surface area contributed by atoms with Crippen LogP contribution in [0, 0.1) is 0 Å².